The average Bonchev–Trinajstić information content (AvgIpc) is 2.46. The lowest BCUT2D eigenvalue weighted by Gasteiger charge is -2.25. The molecule has 1 aliphatic carbocycles. The minimum absolute atomic E-state index is 0.167. The summed E-state index contributed by atoms with van der Waals surface area (Å²) >= 11 is 0. The van der Waals surface area contributed by atoms with E-state index in [1.807, 2.05) is 0 Å². The van der Waals surface area contributed by atoms with Crippen LogP contribution in [0.15, 0.2) is 24.3 Å². The number of rotatable bonds is 4. The monoisotopic (exact) mass is 259 g/mol. The van der Waals surface area contributed by atoms with E-state index in [-0.39, 0.29) is 6.04 Å². The molecule has 2 rings (SSSR count). The summed E-state index contributed by atoms with van der Waals surface area (Å²) in [6, 6.07) is 9.32. The molecule has 0 bridgehead atoms. The van der Waals surface area contributed by atoms with Crippen LogP contribution in [0.4, 0.5) is 0 Å². The minimum atomic E-state index is 0.167. The van der Waals surface area contributed by atoms with Crippen molar-refractivity contribution in [1.82, 2.24) is 0 Å². The molecule has 0 saturated heterocycles. The molecule has 19 heavy (non-hydrogen) atoms. The number of hydrogen-bond donors (Lipinski definition) is 1. The summed E-state index contributed by atoms with van der Waals surface area (Å²) in [6.07, 6.45) is 6.96. The molecule has 1 aromatic rings. The molecule has 0 amide bonds. The van der Waals surface area contributed by atoms with Crippen LogP contribution < -0.4 is 5.73 Å². The molecule has 2 N–H and O–H groups in total. The Balaban J connectivity index is 2.05. The minimum Gasteiger partial charge on any atom is -0.324 e. The third-order valence-corrected chi connectivity index (χ3v) is 5.02. The van der Waals surface area contributed by atoms with Crippen LogP contribution in [0.5, 0.6) is 0 Å². The highest BCUT2D eigenvalue weighted by atomic mass is 14.6. The summed E-state index contributed by atoms with van der Waals surface area (Å²) in [5, 5.41) is 0. The van der Waals surface area contributed by atoms with Gasteiger partial charge in [0.05, 0.1) is 0 Å². The van der Waals surface area contributed by atoms with Crippen molar-refractivity contribution >= 4 is 0 Å². The van der Waals surface area contributed by atoms with Crippen LogP contribution in [0.3, 0.4) is 0 Å². The normalized spacial score (nSPS) is 20.5. The highest BCUT2D eigenvalue weighted by molar-refractivity contribution is 5.28. The van der Waals surface area contributed by atoms with Crippen molar-refractivity contribution in [2.75, 3.05) is 0 Å². The van der Waals surface area contributed by atoms with E-state index >= 15 is 0 Å². The Labute approximate surface area is 118 Å². The Bertz CT molecular complexity index is 373. The fourth-order valence-corrected chi connectivity index (χ4v) is 3.14. The molecule has 1 fully saturated rings. The molecule has 0 heterocycles. The zero-order valence-corrected chi connectivity index (χ0v) is 12.7. The van der Waals surface area contributed by atoms with Crippen LogP contribution in [0.2, 0.25) is 0 Å². The van der Waals surface area contributed by atoms with Crippen molar-refractivity contribution in [3.05, 3.63) is 35.4 Å². The highest BCUT2D eigenvalue weighted by Gasteiger charge is 2.19. The first-order valence-corrected chi connectivity index (χ1v) is 7.95. The first-order valence-electron chi connectivity index (χ1n) is 7.95. The van der Waals surface area contributed by atoms with Crippen molar-refractivity contribution in [3.8, 4) is 0 Å². The molecular formula is C18H29N. The van der Waals surface area contributed by atoms with Crippen LogP contribution >= 0.6 is 0 Å². The fraction of sp³-hybridized carbons (Fsp3) is 0.667. The summed E-state index contributed by atoms with van der Waals surface area (Å²) in [6.45, 7) is 6.76. The maximum Gasteiger partial charge on any atom is 0.0323 e. The largest absolute Gasteiger partial charge is 0.324 e. The lowest BCUT2D eigenvalue weighted by Crippen LogP contribution is -2.23. The Morgan fingerprint density at radius 2 is 1.53 bits per heavy atom. The van der Waals surface area contributed by atoms with Gasteiger partial charge in [-0.2, -0.15) is 0 Å². The van der Waals surface area contributed by atoms with Crippen LogP contribution in [-0.2, 0) is 0 Å². The molecule has 106 valence electrons. The number of benzene rings is 1. The van der Waals surface area contributed by atoms with Gasteiger partial charge in [-0.3, -0.25) is 0 Å². The average molecular weight is 259 g/mol. The van der Waals surface area contributed by atoms with Gasteiger partial charge in [-0.25, -0.2) is 0 Å². The molecule has 0 radical (unpaired) electrons. The summed E-state index contributed by atoms with van der Waals surface area (Å²) in [5.74, 6) is 1.95. The van der Waals surface area contributed by atoms with E-state index in [1.165, 1.54) is 43.2 Å². The summed E-state index contributed by atoms with van der Waals surface area (Å²) < 4.78 is 0. The third kappa shape index (κ3) is 3.60. The topological polar surface area (TPSA) is 26.0 Å². The summed E-state index contributed by atoms with van der Waals surface area (Å²) in [5.41, 5.74) is 9.18. The molecule has 2 unspecified atom stereocenters. The second kappa shape index (κ2) is 6.56. The van der Waals surface area contributed by atoms with E-state index in [4.69, 9.17) is 5.73 Å². The van der Waals surface area contributed by atoms with E-state index in [2.05, 4.69) is 45.0 Å². The molecule has 1 aromatic carbocycles. The first kappa shape index (κ1) is 14.6. The summed E-state index contributed by atoms with van der Waals surface area (Å²) in [4.78, 5) is 0. The maximum atomic E-state index is 6.37. The first-order chi connectivity index (χ1) is 9.09. The lowest BCUT2D eigenvalue weighted by molar-refractivity contribution is 0.352. The van der Waals surface area contributed by atoms with Crippen LogP contribution in [0, 0.1) is 11.8 Å². The Kier molecular flexibility index (Phi) is 5.04. The fourth-order valence-electron chi connectivity index (χ4n) is 3.14. The van der Waals surface area contributed by atoms with Gasteiger partial charge in [-0.15, -0.1) is 0 Å². The zero-order chi connectivity index (χ0) is 13.8. The second-order valence-electron chi connectivity index (χ2n) is 6.63. The molecule has 0 aromatic heterocycles. The van der Waals surface area contributed by atoms with Gasteiger partial charge in [0.1, 0.15) is 0 Å². The third-order valence-electron chi connectivity index (χ3n) is 5.02. The van der Waals surface area contributed by atoms with Gasteiger partial charge >= 0.3 is 0 Å². The van der Waals surface area contributed by atoms with Crippen molar-refractivity contribution in [2.45, 2.75) is 64.8 Å². The predicted molar refractivity (Wildman–Crippen MR) is 83.2 cm³/mol. The Morgan fingerprint density at radius 1 is 0.947 bits per heavy atom. The van der Waals surface area contributed by atoms with Gasteiger partial charge in [0, 0.05) is 6.04 Å². The lowest BCUT2D eigenvalue weighted by atomic mass is 9.82. The van der Waals surface area contributed by atoms with Gasteiger partial charge in [-0.1, -0.05) is 64.3 Å². The van der Waals surface area contributed by atoms with Crippen molar-refractivity contribution in [3.63, 3.8) is 0 Å². The number of hydrogen-bond acceptors (Lipinski definition) is 1. The van der Waals surface area contributed by atoms with Gasteiger partial charge in [0.25, 0.3) is 0 Å². The number of nitrogens with two attached hydrogens (primary N) is 1. The van der Waals surface area contributed by atoms with E-state index in [1.54, 1.807) is 0 Å². The van der Waals surface area contributed by atoms with E-state index in [9.17, 15) is 0 Å². The Hall–Kier alpha value is -0.820. The highest BCUT2D eigenvalue weighted by Crippen LogP contribution is 2.33. The van der Waals surface area contributed by atoms with Crippen LogP contribution in [0.1, 0.15) is 76.0 Å². The summed E-state index contributed by atoms with van der Waals surface area (Å²) in [7, 11) is 0. The van der Waals surface area contributed by atoms with E-state index < -0.39 is 0 Å². The van der Waals surface area contributed by atoms with E-state index in [0.29, 0.717) is 11.8 Å². The van der Waals surface area contributed by atoms with E-state index in [0.717, 1.165) is 5.92 Å². The quantitative estimate of drug-likeness (QED) is 0.806. The molecule has 1 saturated carbocycles. The van der Waals surface area contributed by atoms with Gasteiger partial charge in [0.2, 0.25) is 0 Å². The van der Waals surface area contributed by atoms with Crippen molar-refractivity contribution in [1.29, 1.82) is 0 Å². The molecule has 1 aliphatic rings. The van der Waals surface area contributed by atoms with Crippen molar-refractivity contribution < 1.29 is 0 Å². The molecular weight excluding hydrogens is 230 g/mol. The van der Waals surface area contributed by atoms with Crippen LogP contribution in [-0.4, -0.2) is 0 Å². The standard InChI is InChI=1S/C18H29N/c1-13(2)14(3)18(19)17-11-9-16(10-12-17)15-7-5-4-6-8-15/h9-15,18H,4-8,19H2,1-3H3. The molecule has 0 aliphatic heterocycles. The molecule has 1 nitrogen and oxygen atoms in total. The van der Waals surface area contributed by atoms with Gasteiger partial charge in [-0.05, 0) is 41.7 Å². The second-order valence-corrected chi connectivity index (χ2v) is 6.63. The Morgan fingerprint density at radius 3 is 2.05 bits per heavy atom. The zero-order valence-electron chi connectivity index (χ0n) is 12.7. The smallest absolute Gasteiger partial charge is 0.0323 e. The molecule has 2 atom stereocenters. The van der Waals surface area contributed by atoms with Gasteiger partial charge < -0.3 is 5.73 Å². The molecule has 1 heteroatoms. The van der Waals surface area contributed by atoms with Crippen molar-refractivity contribution in [2.24, 2.45) is 17.6 Å². The van der Waals surface area contributed by atoms with Gasteiger partial charge in [0.15, 0.2) is 0 Å². The predicted octanol–water partition coefficient (Wildman–Crippen LogP) is 5.03. The van der Waals surface area contributed by atoms with Crippen LogP contribution in [0.25, 0.3) is 0 Å². The SMILES string of the molecule is CC(C)C(C)C(N)c1ccc(C2CCCCC2)cc1. The molecule has 0 spiro atoms. The maximum absolute atomic E-state index is 6.37.